The van der Waals surface area contributed by atoms with Crippen LogP contribution >= 0.6 is 0 Å². The molecule has 1 saturated heterocycles. The lowest BCUT2D eigenvalue weighted by molar-refractivity contribution is -0.142. The highest BCUT2D eigenvalue weighted by Gasteiger charge is 2.33. The second kappa shape index (κ2) is 19.8. The number of carboxylic acids is 1. The summed E-state index contributed by atoms with van der Waals surface area (Å²) in [4.78, 5) is 94.9. The van der Waals surface area contributed by atoms with E-state index in [-0.39, 0.29) is 50.7 Å². The summed E-state index contributed by atoms with van der Waals surface area (Å²) in [6, 6.07) is -7.43. The normalized spacial score (nSPS) is 24.7. The Bertz CT molecular complexity index is 1160. The number of likely N-dealkylation sites (N-methyl/N-ethyl adjacent to an activating group) is 1. The maximum atomic E-state index is 13.4. The fraction of sp³-hybridized carbons (Fsp3) is 0.724. The molecule has 6 atom stereocenters. The lowest BCUT2D eigenvalue weighted by atomic mass is 10.0. The number of nitrogens with two attached hydrogens (primary N) is 2. The molecule has 47 heavy (non-hydrogen) atoms. The number of nitrogens with one attached hydrogen (secondary N) is 6. The molecule has 18 heteroatoms. The zero-order valence-corrected chi connectivity index (χ0v) is 28.1. The van der Waals surface area contributed by atoms with Gasteiger partial charge in [-0.05, 0) is 65.2 Å². The van der Waals surface area contributed by atoms with Gasteiger partial charge in [-0.2, -0.15) is 0 Å². The fourth-order valence-corrected chi connectivity index (χ4v) is 4.61. The van der Waals surface area contributed by atoms with Crippen molar-refractivity contribution in [1.82, 2.24) is 36.8 Å². The fourth-order valence-electron chi connectivity index (χ4n) is 4.61. The van der Waals surface area contributed by atoms with Crippen molar-refractivity contribution in [3.63, 3.8) is 0 Å². The monoisotopic (exact) mass is 668 g/mol. The van der Waals surface area contributed by atoms with Crippen LogP contribution in [0.25, 0.3) is 0 Å². The Hall–Kier alpha value is -4.64. The van der Waals surface area contributed by atoms with Crippen molar-refractivity contribution in [3.05, 3.63) is 0 Å². The summed E-state index contributed by atoms with van der Waals surface area (Å²) in [7, 11) is 1.42. The van der Waals surface area contributed by atoms with Crippen LogP contribution in [0.15, 0.2) is 4.99 Å². The molecule has 18 nitrogen and oxygen atoms in total. The average Bonchev–Trinajstić information content (AvgIpc) is 2.98. The summed E-state index contributed by atoms with van der Waals surface area (Å²) < 4.78 is 0. The minimum Gasteiger partial charge on any atom is -0.480 e. The Balaban J connectivity index is 3.20. The molecule has 1 fully saturated rings. The van der Waals surface area contributed by atoms with Gasteiger partial charge >= 0.3 is 12.0 Å². The van der Waals surface area contributed by atoms with E-state index < -0.39 is 77.8 Å². The minimum absolute atomic E-state index is 0.0103. The van der Waals surface area contributed by atoms with Crippen molar-refractivity contribution in [3.8, 4) is 0 Å². The zero-order chi connectivity index (χ0) is 35.8. The molecule has 1 aliphatic heterocycles. The van der Waals surface area contributed by atoms with Gasteiger partial charge in [-0.25, -0.2) is 9.59 Å². The summed E-state index contributed by atoms with van der Waals surface area (Å²) in [6.45, 7) is 8.48. The van der Waals surface area contributed by atoms with E-state index in [1.807, 2.05) is 13.8 Å². The number of aliphatic carboxylic acids is 1. The lowest BCUT2D eigenvalue weighted by Crippen LogP contribution is -2.59. The number of aliphatic imine (C=N–C) groups is 1. The van der Waals surface area contributed by atoms with Crippen LogP contribution in [0.5, 0.6) is 0 Å². The van der Waals surface area contributed by atoms with Crippen LogP contribution in [-0.2, 0) is 28.8 Å². The molecular formula is C29H52N10O8. The number of carboxylic acid groups (broad SMARTS) is 1. The van der Waals surface area contributed by atoms with Crippen LogP contribution in [-0.4, -0.2) is 114 Å². The van der Waals surface area contributed by atoms with E-state index in [0.717, 1.165) is 0 Å². The standard InChI is InChI=1S/C29H52N10O8/c1-15(2)14-21-26(44)39(6)18(5)24(42)34-16(3)22(40)32-12-8-7-10-19(25(43)35-17(4)23(41)36-21)37-29(47)38-20(27(45)46)11-9-13-33-28(30)31/h15-21H,7-14H2,1-6H3,(H,32,40)(H,34,42)(H,35,43)(H,36,41)(H,45,46)(H4,30,31,33)(H2,37,38,47)/t16-,17-,18-,19+,20?,21-/m0/s1. The van der Waals surface area contributed by atoms with E-state index in [4.69, 9.17) is 11.5 Å². The van der Waals surface area contributed by atoms with Crippen molar-refractivity contribution >= 4 is 47.5 Å². The van der Waals surface area contributed by atoms with Crippen LogP contribution in [0.1, 0.15) is 73.1 Å². The van der Waals surface area contributed by atoms with Crippen molar-refractivity contribution in [2.75, 3.05) is 20.1 Å². The summed E-state index contributed by atoms with van der Waals surface area (Å²) in [5.41, 5.74) is 10.6. The second-order valence-corrected chi connectivity index (χ2v) is 12.1. The first-order valence-electron chi connectivity index (χ1n) is 15.7. The van der Waals surface area contributed by atoms with E-state index in [0.29, 0.717) is 12.8 Å². The van der Waals surface area contributed by atoms with Gasteiger partial charge in [0.05, 0.1) is 0 Å². The van der Waals surface area contributed by atoms with Gasteiger partial charge in [0.1, 0.15) is 36.3 Å². The van der Waals surface area contributed by atoms with E-state index in [9.17, 15) is 38.7 Å². The van der Waals surface area contributed by atoms with Crippen molar-refractivity contribution in [1.29, 1.82) is 0 Å². The number of rotatable bonds is 9. The van der Waals surface area contributed by atoms with Gasteiger partial charge in [-0.3, -0.25) is 29.0 Å². The van der Waals surface area contributed by atoms with Gasteiger partial charge in [-0.1, -0.05) is 13.8 Å². The second-order valence-electron chi connectivity index (χ2n) is 12.1. The van der Waals surface area contributed by atoms with Crippen molar-refractivity contribution in [2.45, 2.75) is 109 Å². The first-order valence-corrected chi connectivity index (χ1v) is 15.7. The Morgan fingerprint density at radius 3 is 2.17 bits per heavy atom. The number of amides is 7. The molecule has 0 aromatic rings. The number of hydrogen-bond donors (Lipinski definition) is 9. The van der Waals surface area contributed by atoms with Gasteiger partial charge < -0.3 is 53.4 Å². The Labute approximate surface area is 275 Å². The predicted octanol–water partition coefficient (Wildman–Crippen LogP) is -2.15. The number of nitrogens with zero attached hydrogens (tertiary/aromatic N) is 2. The van der Waals surface area contributed by atoms with Crippen LogP contribution in [0.2, 0.25) is 0 Å². The molecule has 0 bridgehead atoms. The number of urea groups is 1. The molecule has 0 spiro atoms. The number of carbonyl (C=O) groups is 7. The van der Waals surface area contributed by atoms with Gasteiger partial charge in [0.15, 0.2) is 5.96 Å². The Morgan fingerprint density at radius 1 is 0.957 bits per heavy atom. The van der Waals surface area contributed by atoms with E-state index in [1.54, 1.807) is 0 Å². The molecule has 0 saturated carbocycles. The molecule has 1 aliphatic rings. The Kier molecular flexibility index (Phi) is 17.0. The molecule has 7 amide bonds. The smallest absolute Gasteiger partial charge is 0.326 e. The minimum atomic E-state index is -1.30. The molecule has 1 heterocycles. The Morgan fingerprint density at radius 2 is 1.57 bits per heavy atom. The van der Waals surface area contributed by atoms with Crippen LogP contribution in [0, 0.1) is 5.92 Å². The van der Waals surface area contributed by atoms with Crippen molar-refractivity contribution in [2.24, 2.45) is 22.4 Å². The highest BCUT2D eigenvalue weighted by Crippen LogP contribution is 2.11. The molecule has 0 radical (unpaired) electrons. The van der Waals surface area contributed by atoms with Crippen LogP contribution in [0.3, 0.4) is 0 Å². The molecule has 0 aromatic carbocycles. The third-order valence-electron chi connectivity index (χ3n) is 7.52. The molecule has 266 valence electrons. The number of carbonyl (C=O) groups excluding carboxylic acids is 6. The van der Waals surface area contributed by atoms with Crippen molar-refractivity contribution < 1.29 is 38.7 Å². The van der Waals surface area contributed by atoms with E-state index >= 15 is 0 Å². The third-order valence-corrected chi connectivity index (χ3v) is 7.52. The zero-order valence-electron chi connectivity index (χ0n) is 28.1. The average molecular weight is 669 g/mol. The molecule has 0 aliphatic carbocycles. The quantitative estimate of drug-likeness (QED) is 0.0729. The number of guanidine groups is 1. The number of hydrogen-bond acceptors (Lipinski definition) is 8. The van der Waals surface area contributed by atoms with Gasteiger partial charge in [0.2, 0.25) is 29.5 Å². The molecule has 11 N–H and O–H groups in total. The molecule has 1 rings (SSSR count). The van der Waals surface area contributed by atoms with Crippen LogP contribution in [0.4, 0.5) is 4.79 Å². The maximum Gasteiger partial charge on any atom is 0.326 e. The SMILES string of the molecule is CC(C)C[C@@H]1NC(=O)[C@H](C)NC(=O)[C@H](NC(=O)NC(CCCN=C(N)N)C(=O)O)CCCCNC(=O)[C@H](C)NC(=O)[C@H](C)N(C)C1=O. The van der Waals surface area contributed by atoms with E-state index in [2.05, 4.69) is 36.9 Å². The summed E-state index contributed by atoms with van der Waals surface area (Å²) in [6.07, 6.45) is 1.32. The highest BCUT2D eigenvalue weighted by molar-refractivity contribution is 5.96. The summed E-state index contributed by atoms with van der Waals surface area (Å²) >= 11 is 0. The van der Waals surface area contributed by atoms with Gasteiger partial charge in [0.25, 0.3) is 0 Å². The summed E-state index contributed by atoms with van der Waals surface area (Å²) in [5.74, 6) is -4.40. The van der Waals surface area contributed by atoms with Crippen LogP contribution < -0.4 is 43.4 Å². The lowest BCUT2D eigenvalue weighted by Gasteiger charge is -2.30. The third kappa shape index (κ3) is 14.6. The summed E-state index contributed by atoms with van der Waals surface area (Å²) in [5, 5.41) is 24.9. The molecular weight excluding hydrogens is 616 g/mol. The molecule has 1 unspecified atom stereocenters. The van der Waals surface area contributed by atoms with Gasteiger partial charge in [0, 0.05) is 20.1 Å². The van der Waals surface area contributed by atoms with Gasteiger partial charge in [-0.15, -0.1) is 0 Å². The largest absolute Gasteiger partial charge is 0.480 e. The molecule has 0 aromatic heterocycles. The van der Waals surface area contributed by atoms with E-state index in [1.165, 1.54) is 32.7 Å². The topological polar surface area (TPSA) is 280 Å². The predicted molar refractivity (Wildman–Crippen MR) is 172 cm³/mol. The maximum absolute atomic E-state index is 13.4. The first-order chi connectivity index (χ1) is 21.9. The highest BCUT2D eigenvalue weighted by atomic mass is 16.4. The first kappa shape index (κ1) is 40.4.